The van der Waals surface area contributed by atoms with Crippen LogP contribution < -0.4 is 5.73 Å². The summed E-state index contributed by atoms with van der Waals surface area (Å²) in [6, 6.07) is 3.92. The summed E-state index contributed by atoms with van der Waals surface area (Å²) >= 11 is 1.55. The van der Waals surface area contributed by atoms with Crippen molar-refractivity contribution >= 4 is 23.1 Å². The molecule has 0 fully saturated rings. The molecule has 3 rings (SSSR count). The van der Waals surface area contributed by atoms with Gasteiger partial charge in [-0.25, -0.2) is 4.79 Å². The van der Waals surface area contributed by atoms with Gasteiger partial charge in [0.15, 0.2) is 5.78 Å². The van der Waals surface area contributed by atoms with E-state index < -0.39 is 11.9 Å². The minimum Gasteiger partial charge on any atom is -0.462 e. The molecule has 0 bridgehead atoms. The van der Waals surface area contributed by atoms with E-state index in [4.69, 9.17) is 15.2 Å². The smallest absolute Gasteiger partial charge is 0.340 e. The molecule has 1 aromatic rings. The fourth-order valence-electron chi connectivity index (χ4n) is 3.49. The summed E-state index contributed by atoms with van der Waals surface area (Å²) in [5, 5.41) is 0. The Kier molecular flexibility index (Phi) is 4.49. The Bertz CT molecular complexity index is 800. The molecular formula is C19H23NO4S. The first-order chi connectivity index (χ1) is 11.7. The molecule has 1 atom stereocenters. The van der Waals surface area contributed by atoms with Gasteiger partial charge in [-0.2, -0.15) is 0 Å². The lowest BCUT2D eigenvalue weighted by molar-refractivity contribution is -0.139. The van der Waals surface area contributed by atoms with E-state index >= 15 is 0 Å². The number of thiophene rings is 1. The maximum Gasteiger partial charge on any atom is 0.340 e. The van der Waals surface area contributed by atoms with Crippen LogP contribution in [0.15, 0.2) is 34.9 Å². The van der Waals surface area contributed by atoms with E-state index in [9.17, 15) is 9.59 Å². The van der Waals surface area contributed by atoms with E-state index in [1.165, 1.54) is 0 Å². The number of ether oxygens (including phenoxy) is 2. The van der Waals surface area contributed by atoms with E-state index in [2.05, 4.69) is 0 Å². The van der Waals surface area contributed by atoms with Gasteiger partial charge in [0.1, 0.15) is 11.3 Å². The highest BCUT2D eigenvalue weighted by Crippen LogP contribution is 2.49. The molecule has 25 heavy (non-hydrogen) atoms. The lowest BCUT2D eigenvalue weighted by atomic mass is 9.71. The van der Waals surface area contributed by atoms with Gasteiger partial charge < -0.3 is 15.2 Å². The Morgan fingerprint density at radius 1 is 1.40 bits per heavy atom. The molecule has 6 heteroatoms. The van der Waals surface area contributed by atoms with E-state index in [1.54, 1.807) is 18.3 Å². The number of hydrogen-bond donors (Lipinski definition) is 1. The fraction of sp³-hybridized carbons (Fsp3) is 0.474. The number of carbonyl (C=O) groups is 2. The number of carbonyl (C=O) groups excluding carboxylic acids is 2. The van der Waals surface area contributed by atoms with Gasteiger partial charge in [0.05, 0.1) is 12.5 Å². The summed E-state index contributed by atoms with van der Waals surface area (Å²) in [5.74, 6) is -0.399. The van der Waals surface area contributed by atoms with Crippen LogP contribution in [0.5, 0.6) is 0 Å². The third-order valence-electron chi connectivity index (χ3n) is 4.50. The summed E-state index contributed by atoms with van der Waals surface area (Å²) in [5.41, 5.74) is 6.70. The molecule has 0 saturated heterocycles. The van der Waals surface area contributed by atoms with Crippen LogP contribution >= 0.6 is 11.3 Å². The van der Waals surface area contributed by atoms with Gasteiger partial charge in [0, 0.05) is 28.2 Å². The number of Topliss-reactive ketones (excluding diaryl/α,β-unsaturated/α-hetero) is 1. The highest BCUT2D eigenvalue weighted by molar-refractivity contribution is 7.12. The first-order valence-electron chi connectivity index (χ1n) is 8.40. The highest BCUT2D eigenvalue weighted by Gasteiger charge is 2.45. The largest absolute Gasteiger partial charge is 0.462 e. The normalized spacial score (nSPS) is 22.6. The van der Waals surface area contributed by atoms with E-state index in [0.717, 1.165) is 9.75 Å². The van der Waals surface area contributed by atoms with Crippen molar-refractivity contribution in [3.63, 3.8) is 0 Å². The molecule has 1 aliphatic carbocycles. The van der Waals surface area contributed by atoms with Crippen molar-refractivity contribution in [2.75, 3.05) is 6.61 Å². The summed E-state index contributed by atoms with van der Waals surface area (Å²) in [4.78, 5) is 27.5. The average molecular weight is 361 g/mol. The zero-order valence-electron chi connectivity index (χ0n) is 15.0. The van der Waals surface area contributed by atoms with Crippen molar-refractivity contribution < 1.29 is 19.1 Å². The Labute approximate surface area is 151 Å². The first kappa shape index (κ1) is 17.7. The number of ketones is 1. The zero-order chi connectivity index (χ0) is 18.4. The summed E-state index contributed by atoms with van der Waals surface area (Å²) < 4.78 is 10.9. The predicted octanol–water partition coefficient (Wildman–Crippen LogP) is 3.55. The Hall–Kier alpha value is -2.08. The molecule has 2 heterocycles. The fourth-order valence-corrected chi connectivity index (χ4v) is 4.48. The van der Waals surface area contributed by atoms with Gasteiger partial charge in [0.2, 0.25) is 5.88 Å². The van der Waals surface area contributed by atoms with Crippen LogP contribution in [0.1, 0.15) is 49.3 Å². The SMILES string of the molecule is CCOC(=O)C1=C(N)OC2=C(C(=O)CC(C)(C)C2)[C@@H]1c1ccc(C)s1. The van der Waals surface area contributed by atoms with Crippen molar-refractivity contribution in [3.05, 3.63) is 44.7 Å². The number of nitrogens with two attached hydrogens (primary N) is 1. The third kappa shape index (κ3) is 3.23. The maximum absolute atomic E-state index is 12.9. The number of hydrogen-bond acceptors (Lipinski definition) is 6. The van der Waals surface area contributed by atoms with Gasteiger partial charge in [-0.05, 0) is 31.4 Å². The molecule has 1 aromatic heterocycles. The van der Waals surface area contributed by atoms with Crippen molar-refractivity contribution in [2.24, 2.45) is 11.1 Å². The zero-order valence-corrected chi connectivity index (χ0v) is 15.8. The Balaban J connectivity index is 2.15. The third-order valence-corrected chi connectivity index (χ3v) is 5.56. The monoisotopic (exact) mass is 361 g/mol. The summed E-state index contributed by atoms with van der Waals surface area (Å²) in [6.45, 7) is 8.03. The molecule has 0 unspecified atom stereocenters. The quantitative estimate of drug-likeness (QED) is 0.833. The van der Waals surface area contributed by atoms with Gasteiger partial charge in [-0.15, -0.1) is 11.3 Å². The maximum atomic E-state index is 12.9. The molecule has 0 radical (unpaired) electrons. The molecule has 134 valence electrons. The number of rotatable bonds is 3. The second kappa shape index (κ2) is 6.33. The van der Waals surface area contributed by atoms with E-state index in [1.807, 2.05) is 32.9 Å². The number of allylic oxidation sites excluding steroid dienone is 2. The topological polar surface area (TPSA) is 78.6 Å². The Morgan fingerprint density at radius 3 is 2.72 bits per heavy atom. The summed E-state index contributed by atoms with van der Waals surface area (Å²) in [6.07, 6.45) is 1.04. The van der Waals surface area contributed by atoms with Crippen LogP contribution in [0.4, 0.5) is 0 Å². The molecule has 5 nitrogen and oxygen atoms in total. The molecule has 0 aromatic carbocycles. The first-order valence-corrected chi connectivity index (χ1v) is 9.22. The predicted molar refractivity (Wildman–Crippen MR) is 95.8 cm³/mol. The minimum absolute atomic E-state index is 0.0107. The molecule has 0 saturated carbocycles. The van der Waals surface area contributed by atoms with Crippen LogP contribution in [0.2, 0.25) is 0 Å². The number of esters is 1. The molecule has 1 aliphatic heterocycles. The van der Waals surface area contributed by atoms with Crippen molar-refractivity contribution in [1.29, 1.82) is 0 Å². The standard InChI is InChI=1S/C19H23NO4S/c1-5-23-18(22)16-15(13-7-6-10(2)25-13)14-11(21)8-19(3,4)9-12(14)24-17(16)20/h6-7,15H,5,8-9,20H2,1-4H3/t15-/m0/s1. The van der Waals surface area contributed by atoms with Crippen molar-refractivity contribution in [2.45, 2.75) is 46.5 Å². The van der Waals surface area contributed by atoms with Crippen LogP contribution in [-0.4, -0.2) is 18.4 Å². The molecule has 2 aliphatic rings. The average Bonchev–Trinajstić information content (AvgIpc) is 2.90. The Morgan fingerprint density at radius 2 is 2.12 bits per heavy atom. The van der Waals surface area contributed by atoms with Gasteiger partial charge in [-0.1, -0.05) is 13.8 Å². The lowest BCUT2D eigenvalue weighted by Crippen LogP contribution is -2.35. The van der Waals surface area contributed by atoms with Crippen LogP contribution in [-0.2, 0) is 19.1 Å². The van der Waals surface area contributed by atoms with Crippen molar-refractivity contribution in [3.8, 4) is 0 Å². The van der Waals surface area contributed by atoms with Crippen molar-refractivity contribution in [1.82, 2.24) is 0 Å². The van der Waals surface area contributed by atoms with Crippen LogP contribution in [0.25, 0.3) is 0 Å². The second-order valence-electron chi connectivity index (χ2n) is 7.26. The minimum atomic E-state index is -0.528. The van der Waals surface area contributed by atoms with E-state index in [-0.39, 0.29) is 29.3 Å². The number of aryl methyl sites for hydroxylation is 1. The van der Waals surface area contributed by atoms with E-state index in [0.29, 0.717) is 24.2 Å². The van der Waals surface area contributed by atoms with Crippen LogP contribution in [0.3, 0.4) is 0 Å². The highest BCUT2D eigenvalue weighted by atomic mass is 32.1. The lowest BCUT2D eigenvalue weighted by Gasteiger charge is -2.37. The molecule has 0 spiro atoms. The summed E-state index contributed by atoms with van der Waals surface area (Å²) in [7, 11) is 0. The van der Waals surface area contributed by atoms with Gasteiger partial charge >= 0.3 is 5.97 Å². The molecular weight excluding hydrogens is 338 g/mol. The van der Waals surface area contributed by atoms with Crippen LogP contribution in [0, 0.1) is 12.3 Å². The molecule has 2 N–H and O–H groups in total. The van der Waals surface area contributed by atoms with Gasteiger partial charge in [-0.3, -0.25) is 4.79 Å². The van der Waals surface area contributed by atoms with Gasteiger partial charge in [0.25, 0.3) is 0 Å². The molecule has 0 amide bonds. The second-order valence-corrected chi connectivity index (χ2v) is 8.58.